The van der Waals surface area contributed by atoms with Crippen LogP contribution in [-0.2, 0) is 13.0 Å². The number of hydrogen-bond acceptors (Lipinski definition) is 5. The number of aryl methyl sites for hydroxylation is 2. The molecule has 104 valence electrons. The lowest BCUT2D eigenvalue weighted by Gasteiger charge is -2.30. The molecule has 0 atom stereocenters. The molecule has 3 N–H and O–H groups in total. The number of benzene rings is 1. The third kappa shape index (κ3) is 2.58. The SMILES string of the molecule is Cc1cc(NN)nc(CN2CCCc3ccccc32)n1. The van der Waals surface area contributed by atoms with Crippen LogP contribution in [0.15, 0.2) is 30.3 Å². The summed E-state index contributed by atoms with van der Waals surface area (Å²) in [6.07, 6.45) is 2.32. The minimum atomic E-state index is 0.665. The van der Waals surface area contributed by atoms with Crippen LogP contribution in [0.3, 0.4) is 0 Å². The van der Waals surface area contributed by atoms with Gasteiger partial charge in [0.2, 0.25) is 0 Å². The first-order valence-corrected chi connectivity index (χ1v) is 6.90. The molecular weight excluding hydrogens is 250 g/mol. The lowest BCUT2D eigenvalue weighted by atomic mass is 10.0. The molecule has 5 heteroatoms. The van der Waals surface area contributed by atoms with E-state index in [4.69, 9.17) is 5.84 Å². The molecule has 2 aromatic rings. The number of hydrazine groups is 1. The molecule has 1 aliphatic rings. The van der Waals surface area contributed by atoms with Crippen LogP contribution in [0, 0.1) is 6.92 Å². The summed E-state index contributed by atoms with van der Waals surface area (Å²) in [5, 5.41) is 0. The highest BCUT2D eigenvalue weighted by Gasteiger charge is 2.17. The molecule has 2 heterocycles. The lowest BCUT2D eigenvalue weighted by Crippen LogP contribution is -2.29. The van der Waals surface area contributed by atoms with Gasteiger partial charge in [-0.25, -0.2) is 15.8 Å². The maximum absolute atomic E-state index is 5.44. The highest BCUT2D eigenvalue weighted by molar-refractivity contribution is 5.55. The number of nitrogen functional groups attached to an aromatic ring is 1. The Morgan fingerprint density at radius 1 is 1.30 bits per heavy atom. The summed E-state index contributed by atoms with van der Waals surface area (Å²) in [5.41, 5.74) is 6.22. The van der Waals surface area contributed by atoms with Crippen molar-refractivity contribution in [2.24, 2.45) is 5.84 Å². The van der Waals surface area contributed by atoms with Crippen molar-refractivity contribution in [3.8, 4) is 0 Å². The quantitative estimate of drug-likeness (QED) is 0.659. The molecule has 0 radical (unpaired) electrons. The van der Waals surface area contributed by atoms with Crippen LogP contribution in [0.1, 0.15) is 23.5 Å². The van der Waals surface area contributed by atoms with Gasteiger partial charge in [-0.3, -0.25) is 0 Å². The molecule has 0 amide bonds. The number of para-hydroxylation sites is 1. The van der Waals surface area contributed by atoms with Crippen LogP contribution < -0.4 is 16.2 Å². The molecule has 0 bridgehead atoms. The van der Waals surface area contributed by atoms with Crippen LogP contribution in [0.4, 0.5) is 11.5 Å². The monoisotopic (exact) mass is 269 g/mol. The van der Waals surface area contributed by atoms with Crippen molar-refractivity contribution in [3.63, 3.8) is 0 Å². The summed E-state index contributed by atoms with van der Waals surface area (Å²) < 4.78 is 0. The summed E-state index contributed by atoms with van der Waals surface area (Å²) in [6.45, 7) is 3.71. The highest BCUT2D eigenvalue weighted by atomic mass is 15.3. The first kappa shape index (κ1) is 12.9. The summed E-state index contributed by atoms with van der Waals surface area (Å²) in [7, 11) is 0. The minimum absolute atomic E-state index is 0.665. The molecule has 0 saturated carbocycles. The molecular formula is C15H19N5. The Morgan fingerprint density at radius 2 is 2.15 bits per heavy atom. The minimum Gasteiger partial charge on any atom is -0.364 e. The largest absolute Gasteiger partial charge is 0.364 e. The highest BCUT2D eigenvalue weighted by Crippen LogP contribution is 2.27. The molecule has 1 aliphatic heterocycles. The molecule has 0 spiro atoms. The molecule has 20 heavy (non-hydrogen) atoms. The van der Waals surface area contributed by atoms with E-state index in [1.54, 1.807) is 0 Å². The van der Waals surface area contributed by atoms with Gasteiger partial charge in [0.1, 0.15) is 11.6 Å². The van der Waals surface area contributed by atoms with Crippen LogP contribution in [-0.4, -0.2) is 16.5 Å². The number of nitrogens with zero attached hydrogens (tertiary/aromatic N) is 3. The van der Waals surface area contributed by atoms with Gasteiger partial charge in [-0.15, -0.1) is 0 Å². The summed E-state index contributed by atoms with van der Waals surface area (Å²) in [6, 6.07) is 10.4. The first-order chi connectivity index (χ1) is 9.76. The Hall–Kier alpha value is -2.14. The third-order valence-electron chi connectivity index (χ3n) is 3.59. The van der Waals surface area contributed by atoms with E-state index in [2.05, 4.69) is 44.6 Å². The standard InChI is InChI=1S/C15H19N5/c1-11-9-14(19-16)18-15(17-11)10-20-8-4-6-12-5-2-3-7-13(12)20/h2-3,5,7,9H,4,6,8,10,16H2,1H3,(H,17,18,19). The van der Waals surface area contributed by atoms with Gasteiger partial charge in [0.15, 0.2) is 0 Å². The zero-order chi connectivity index (χ0) is 13.9. The number of fused-ring (bicyclic) bond motifs is 1. The summed E-state index contributed by atoms with van der Waals surface area (Å²) >= 11 is 0. The van der Waals surface area contributed by atoms with Crippen molar-refractivity contribution in [1.82, 2.24) is 9.97 Å². The van der Waals surface area contributed by atoms with E-state index < -0.39 is 0 Å². The number of nitrogens with two attached hydrogens (primary N) is 1. The first-order valence-electron chi connectivity index (χ1n) is 6.90. The van der Waals surface area contributed by atoms with Crippen LogP contribution >= 0.6 is 0 Å². The molecule has 1 aromatic carbocycles. The van der Waals surface area contributed by atoms with Gasteiger partial charge in [0, 0.05) is 24.0 Å². The van der Waals surface area contributed by atoms with Gasteiger partial charge in [-0.05, 0) is 31.4 Å². The van der Waals surface area contributed by atoms with Crippen LogP contribution in [0.5, 0.6) is 0 Å². The third-order valence-corrected chi connectivity index (χ3v) is 3.59. The van der Waals surface area contributed by atoms with Crippen molar-refractivity contribution in [2.75, 3.05) is 16.9 Å². The lowest BCUT2D eigenvalue weighted by molar-refractivity contribution is 0.672. The maximum atomic E-state index is 5.44. The van der Waals surface area contributed by atoms with E-state index in [9.17, 15) is 0 Å². The molecule has 0 aliphatic carbocycles. The van der Waals surface area contributed by atoms with Crippen molar-refractivity contribution < 1.29 is 0 Å². The van der Waals surface area contributed by atoms with Crippen molar-refractivity contribution in [1.29, 1.82) is 0 Å². The van der Waals surface area contributed by atoms with E-state index in [-0.39, 0.29) is 0 Å². The van der Waals surface area contributed by atoms with Gasteiger partial charge in [0.05, 0.1) is 6.54 Å². The number of aromatic nitrogens is 2. The molecule has 0 fully saturated rings. The van der Waals surface area contributed by atoms with Gasteiger partial charge in [-0.2, -0.15) is 0 Å². The van der Waals surface area contributed by atoms with Crippen molar-refractivity contribution in [2.45, 2.75) is 26.3 Å². The fraction of sp³-hybridized carbons (Fsp3) is 0.333. The van der Waals surface area contributed by atoms with Gasteiger partial charge in [0.25, 0.3) is 0 Å². The second-order valence-corrected chi connectivity index (χ2v) is 5.11. The average Bonchev–Trinajstić information content (AvgIpc) is 2.47. The van der Waals surface area contributed by atoms with Gasteiger partial charge >= 0.3 is 0 Å². The van der Waals surface area contributed by atoms with Crippen molar-refractivity contribution in [3.05, 3.63) is 47.4 Å². The van der Waals surface area contributed by atoms with Crippen molar-refractivity contribution >= 4 is 11.5 Å². The van der Waals surface area contributed by atoms with Gasteiger partial charge in [-0.1, -0.05) is 18.2 Å². The van der Waals surface area contributed by atoms with E-state index in [0.717, 1.165) is 24.5 Å². The molecule has 1 aromatic heterocycles. The maximum Gasteiger partial charge on any atom is 0.150 e. The number of nitrogens with one attached hydrogen (secondary N) is 1. The van der Waals surface area contributed by atoms with E-state index >= 15 is 0 Å². The Morgan fingerprint density at radius 3 is 3.00 bits per heavy atom. The van der Waals surface area contributed by atoms with E-state index in [1.807, 2.05) is 13.0 Å². The topological polar surface area (TPSA) is 67.1 Å². The number of hydrogen-bond donors (Lipinski definition) is 2. The fourth-order valence-corrected chi connectivity index (χ4v) is 2.72. The predicted molar refractivity (Wildman–Crippen MR) is 80.4 cm³/mol. The zero-order valence-electron chi connectivity index (χ0n) is 11.6. The van der Waals surface area contributed by atoms with E-state index in [0.29, 0.717) is 12.4 Å². The van der Waals surface area contributed by atoms with Crippen LogP contribution in [0.2, 0.25) is 0 Å². The van der Waals surface area contributed by atoms with Gasteiger partial charge < -0.3 is 10.3 Å². The van der Waals surface area contributed by atoms with E-state index in [1.165, 1.54) is 17.7 Å². The summed E-state index contributed by atoms with van der Waals surface area (Å²) in [5.74, 6) is 6.91. The predicted octanol–water partition coefficient (Wildman–Crippen LogP) is 2.02. The normalized spacial score (nSPS) is 14.0. The Bertz CT molecular complexity index is 611. The Kier molecular flexibility index (Phi) is 3.52. The molecule has 5 nitrogen and oxygen atoms in total. The van der Waals surface area contributed by atoms with Crippen LogP contribution in [0.25, 0.3) is 0 Å². The number of rotatable bonds is 3. The Balaban J connectivity index is 1.87. The summed E-state index contributed by atoms with van der Waals surface area (Å²) in [4.78, 5) is 11.3. The average molecular weight is 269 g/mol. The fourth-order valence-electron chi connectivity index (χ4n) is 2.72. The molecule has 0 saturated heterocycles. The second kappa shape index (κ2) is 5.46. The smallest absolute Gasteiger partial charge is 0.150 e. The molecule has 3 rings (SSSR count). The zero-order valence-corrected chi connectivity index (χ0v) is 11.6. The molecule has 0 unspecified atom stereocenters. The number of anilines is 2. The second-order valence-electron chi connectivity index (χ2n) is 5.11. The Labute approximate surface area is 118 Å².